The van der Waals surface area contributed by atoms with E-state index in [1.54, 1.807) is 24.3 Å². The largest absolute Gasteiger partial charge is 0.542 e. The lowest BCUT2D eigenvalue weighted by Gasteiger charge is -1.94. The summed E-state index contributed by atoms with van der Waals surface area (Å²) in [7, 11) is 0. The summed E-state index contributed by atoms with van der Waals surface area (Å²) in [4.78, 5) is 10.5. The molecule has 0 spiro atoms. The van der Waals surface area contributed by atoms with Crippen molar-refractivity contribution in [2.75, 3.05) is 0 Å². The van der Waals surface area contributed by atoms with Crippen molar-refractivity contribution in [1.29, 1.82) is 0 Å². The second-order valence-electron chi connectivity index (χ2n) is 2.32. The van der Waals surface area contributed by atoms with Crippen molar-refractivity contribution in [3.05, 3.63) is 39.9 Å². The summed E-state index contributed by atoms with van der Waals surface area (Å²) in [5.74, 6) is -0.745. The van der Waals surface area contributed by atoms with Gasteiger partial charge in [-0.25, -0.2) is 4.79 Å². The van der Waals surface area contributed by atoms with E-state index >= 15 is 0 Å². The molecule has 4 nitrogen and oxygen atoms in total. The van der Waals surface area contributed by atoms with Gasteiger partial charge in [-0.05, 0) is 17.3 Å². The Balaban J connectivity index is 2.58. The smallest absolute Gasteiger partial charge is 0.370 e. The van der Waals surface area contributed by atoms with Crippen molar-refractivity contribution in [2.45, 2.75) is 0 Å². The van der Waals surface area contributed by atoms with Gasteiger partial charge < -0.3 is 4.42 Å². The number of halogens is 1. The van der Waals surface area contributed by atoms with Gasteiger partial charge in [0.25, 0.3) is 5.89 Å². The Morgan fingerprint density at radius 1 is 1.31 bits per heavy atom. The third-order valence-corrected chi connectivity index (χ3v) is 1.82. The quantitative estimate of drug-likeness (QED) is 0.701. The van der Waals surface area contributed by atoms with Crippen LogP contribution in [0.1, 0.15) is 0 Å². The molecule has 0 unspecified atom stereocenters. The molecule has 1 aromatic heterocycles. The van der Waals surface area contributed by atoms with Crippen molar-refractivity contribution in [3.8, 4) is 11.5 Å². The van der Waals surface area contributed by atoms with Gasteiger partial charge in [-0.15, -0.1) is 0 Å². The van der Waals surface area contributed by atoms with Crippen LogP contribution in [0.3, 0.4) is 0 Å². The van der Waals surface area contributed by atoms with E-state index in [1.165, 1.54) is 0 Å². The van der Waals surface area contributed by atoms with Gasteiger partial charge in [0.15, 0.2) is 0 Å². The normalized spacial score (nSPS) is 10.2. The van der Waals surface area contributed by atoms with E-state index in [0.29, 0.717) is 10.6 Å². The number of hydrogen-bond donors (Lipinski definition) is 0. The molecule has 0 amide bonds. The standard InChI is InChI=1S/C8H4ClNO3/c9-6-4-2-1-3-5(6)7-10-13-8(11)12-7/h1-4H. The number of hydrogen-bond acceptors (Lipinski definition) is 4. The first-order chi connectivity index (χ1) is 6.27. The maximum Gasteiger partial charge on any atom is 0.542 e. The second-order valence-corrected chi connectivity index (χ2v) is 2.73. The Morgan fingerprint density at radius 3 is 2.69 bits per heavy atom. The molecule has 0 aliphatic rings. The molecule has 0 N–H and O–H groups in total. The number of rotatable bonds is 1. The maximum atomic E-state index is 10.5. The molecule has 1 heterocycles. The fourth-order valence-corrected chi connectivity index (χ4v) is 1.15. The molecule has 13 heavy (non-hydrogen) atoms. The van der Waals surface area contributed by atoms with Crippen LogP contribution in [0.4, 0.5) is 0 Å². The van der Waals surface area contributed by atoms with E-state index in [0.717, 1.165) is 0 Å². The Morgan fingerprint density at radius 2 is 2.08 bits per heavy atom. The predicted octanol–water partition coefficient (Wildman–Crippen LogP) is 1.95. The number of aromatic nitrogens is 1. The molecule has 0 bridgehead atoms. The molecule has 0 aliphatic heterocycles. The highest BCUT2D eigenvalue weighted by Gasteiger charge is 2.09. The second kappa shape index (κ2) is 3.06. The minimum absolute atomic E-state index is 0.0931. The van der Waals surface area contributed by atoms with E-state index in [9.17, 15) is 4.79 Å². The predicted molar refractivity (Wildman–Crippen MR) is 45.5 cm³/mol. The lowest BCUT2D eigenvalue weighted by atomic mass is 10.2. The van der Waals surface area contributed by atoms with Crippen LogP contribution in [-0.2, 0) is 0 Å². The van der Waals surface area contributed by atoms with Crippen molar-refractivity contribution < 1.29 is 8.94 Å². The van der Waals surface area contributed by atoms with Crippen LogP contribution < -0.4 is 5.82 Å². The zero-order valence-corrected chi connectivity index (χ0v) is 7.12. The molecule has 0 fully saturated rings. The monoisotopic (exact) mass is 197 g/mol. The third-order valence-electron chi connectivity index (χ3n) is 1.49. The van der Waals surface area contributed by atoms with Crippen LogP contribution in [0.5, 0.6) is 0 Å². The van der Waals surface area contributed by atoms with E-state index < -0.39 is 5.82 Å². The molecular formula is C8H4ClNO3. The van der Waals surface area contributed by atoms with Crippen molar-refractivity contribution in [3.63, 3.8) is 0 Å². The van der Waals surface area contributed by atoms with Gasteiger partial charge in [0, 0.05) is 0 Å². The van der Waals surface area contributed by atoms with Crippen LogP contribution in [0.2, 0.25) is 5.02 Å². The van der Waals surface area contributed by atoms with Gasteiger partial charge in [0.05, 0.1) is 10.6 Å². The van der Waals surface area contributed by atoms with Crippen LogP contribution in [0.25, 0.3) is 11.5 Å². The summed E-state index contributed by atoms with van der Waals surface area (Å²) in [6.45, 7) is 0. The molecule has 2 aromatic rings. The first-order valence-corrected chi connectivity index (χ1v) is 3.87. The van der Waals surface area contributed by atoms with Crippen LogP contribution in [-0.4, -0.2) is 5.16 Å². The summed E-state index contributed by atoms with van der Waals surface area (Å²) >= 11 is 5.82. The SMILES string of the molecule is O=c1onc(-c2ccccc2Cl)o1. The van der Waals surface area contributed by atoms with E-state index in [1.807, 2.05) is 0 Å². The molecule has 0 atom stereocenters. The van der Waals surface area contributed by atoms with E-state index in [-0.39, 0.29) is 5.89 Å². The first-order valence-electron chi connectivity index (χ1n) is 3.49. The summed E-state index contributed by atoms with van der Waals surface area (Å²) in [6.07, 6.45) is 0. The topological polar surface area (TPSA) is 56.2 Å². The minimum atomic E-state index is -0.838. The highest BCUT2D eigenvalue weighted by atomic mass is 35.5. The van der Waals surface area contributed by atoms with Crippen molar-refractivity contribution in [1.82, 2.24) is 5.16 Å². The molecule has 5 heteroatoms. The summed E-state index contributed by atoms with van der Waals surface area (Å²) in [5.41, 5.74) is 0.537. The van der Waals surface area contributed by atoms with Crippen molar-refractivity contribution in [2.24, 2.45) is 0 Å². The Hall–Kier alpha value is -1.55. The Kier molecular flexibility index (Phi) is 1.90. The first kappa shape index (κ1) is 8.07. The fraction of sp³-hybridized carbons (Fsp3) is 0. The molecule has 1 aromatic carbocycles. The van der Waals surface area contributed by atoms with Crippen LogP contribution >= 0.6 is 11.6 Å². The zero-order chi connectivity index (χ0) is 9.26. The molecule has 0 radical (unpaired) electrons. The van der Waals surface area contributed by atoms with Gasteiger partial charge in [0.2, 0.25) is 0 Å². The van der Waals surface area contributed by atoms with Crippen LogP contribution in [0.15, 0.2) is 38.0 Å². The fourth-order valence-electron chi connectivity index (χ4n) is 0.934. The molecule has 2 rings (SSSR count). The van der Waals surface area contributed by atoms with Crippen LogP contribution in [0, 0.1) is 0 Å². The minimum Gasteiger partial charge on any atom is -0.370 e. The van der Waals surface area contributed by atoms with Gasteiger partial charge in [-0.2, -0.15) is 0 Å². The summed E-state index contributed by atoms with van der Waals surface area (Å²) in [6, 6.07) is 6.88. The third kappa shape index (κ3) is 1.48. The van der Waals surface area contributed by atoms with E-state index in [4.69, 9.17) is 11.6 Å². The number of nitrogens with zero attached hydrogens (tertiary/aromatic N) is 1. The summed E-state index contributed by atoms with van der Waals surface area (Å²) < 4.78 is 8.88. The lowest BCUT2D eigenvalue weighted by Crippen LogP contribution is -1.85. The van der Waals surface area contributed by atoms with Gasteiger partial charge >= 0.3 is 5.82 Å². The van der Waals surface area contributed by atoms with Crippen molar-refractivity contribution >= 4 is 11.6 Å². The highest BCUT2D eigenvalue weighted by molar-refractivity contribution is 6.33. The maximum absolute atomic E-state index is 10.5. The van der Waals surface area contributed by atoms with Gasteiger partial charge in [-0.3, -0.25) is 4.52 Å². The Labute approximate surface area is 77.7 Å². The lowest BCUT2D eigenvalue weighted by molar-refractivity contribution is 0.335. The highest BCUT2D eigenvalue weighted by Crippen LogP contribution is 2.24. The van der Waals surface area contributed by atoms with E-state index in [2.05, 4.69) is 14.1 Å². The molecule has 0 saturated carbocycles. The average molecular weight is 198 g/mol. The molecule has 66 valence electrons. The molecule has 0 aliphatic carbocycles. The Bertz CT molecular complexity index is 474. The van der Waals surface area contributed by atoms with Gasteiger partial charge in [0.1, 0.15) is 0 Å². The van der Waals surface area contributed by atoms with Gasteiger partial charge in [-0.1, -0.05) is 23.7 Å². The number of benzene rings is 1. The zero-order valence-electron chi connectivity index (χ0n) is 6.36. The molecule has 0 saturated heterocycles. The summed E-state index contributed by atoms with van der Waals surface area (Å²) in [5, 5.41) is 3.87. The molecular weight excluding hydrogens is 194 g/mol. The average Bonchev–Trinajstić information content (AvgIpc) is 2.53.